The number of hydrogen-bond acceptors (Lipinski definition) is 3. The molecule has 0 radical (unpaired) electrons. The number of nitrogens with zero attached hydrogens (tertiary/aromatic N) is 1. The second kappa shape index (κ2) is 7.47. The van der Waals surface area contributed by atoms with Crippen LogP contribution in [-0.4, -0.2) is 16.9 Å². The van der Waals surface area contributed by atoms with Crippen molar-refractivity contribution in [3.63, 3.8) is 0 Å². The molecule has 1 aromatic carbocycles. The van der Waals surface area contributed by atoms with Crippen LogP contribution in [0.3, 0.4) is 0 Å². The number of carbonyl (C=O) groups excluding carboxylic acids is 1. The molecule has 1 aromatic heterocycles. The van der Waals surface area contributed by atoms with Gasteiger partial charge in [-0.05, 0) is 43.2 Å². The van der Waals surface area contributed by atoms with Crippen molar-refractivity contribution >= 4 is 29.0 Å². The zero-order valence-corrected chi connectivity index (χ0v) is 13.6. The maximum Gasteiger partial charge on any atom is 0.259 e. The molecule has 0 atom stereocenters. The van der Waals surface area contributed by atoms with Crippen LogP contribution in [0.2, 0.25) is 5.02 Å². The van der Waals surface area contributed by atoms with Crippen LogP contribution in [0.1, 0.15) is 42.5 Å². The highest BCUT2D eigenvalue weighted by molar-refractivity contribution is 6.31. The van der Waals surface area contributed by atoms with E-state index in [1.54, 1.807) is 30.5 Å². The molecule has 120 valence electrons. The van der Waals surface area contributed by atoms with Gasteiger partial charge in [-0.3, -0.25) is 4.79 Å². The first-order valence-electron chi connectivity index (χ1n) is 8.01. The molecule has 2 aromatic rings. The highest BCUT2D eigenvalue weighted by Gasteiger charge is 2.18. The summed E-state index contributed by atoms with van der Waals surface area (Å²) in [5.41, 5.74) is 1.23. The summed E-state index contributed by atoms with van der Waals surface area (Å²) in [6, 6.07) is 11.1. The molecule has 0 saturated heterocycles. The lowest BCUT2D eigenvalue weighted by Crippen LogP contribution is -2.25. The molecule has 0 bridgehead atoms. The zero-order chi connectivity index (χ0) is 16.1. The van der Waals surface area contributed by atoms with E-state index < -0.39 is 0 Å². The first-order chi connectivity index (χ1) is 11.2. The standard InChI is InChI=1S/C18H20ClN3O/c19-13-6-4-9-15(12-13)22-18(23)16-10-5-11-20-17(16)21-14-7-2-1-3-8-14/h4-6,9-12,14H,1-3,7-8H2,(H,20,21)(H,22,23). The largest absolute Gasteiger partial charge is 0.367 e. The van der Waals surface area contributed by atoms with E-state index in [0.29, 0.717) is 28.1 Å². The van der Waals surface area contributed by atoms with E-state index in [-0.39, 0.29) is 5.91 Å². The summed E-state index contributed by atoms with van der Waals surface area (Å²) in [6.45, 7) is 0. The Kier molecular flexibility index (Phi) is 5.13. The van der Waals surface area contributed by atoms with Crippen LogP contribution in [0.15, 0.2) is 42.6 Å². The maximum absolute atomic E-state index is 12.6. The zero-order valence-electron chi connectivity index (χ0n) is 12.9. The summed E-state index contributed by atoms with van der Waals surface area (Å²) in [6.07, 6.45) is 7.73. The Labute approximate surface area is 141 Å². The van der Waals surface area contributed by atoms with E-state index in [2.05, 4.69) is 15.6 Å². The van der Waals surface area contributed by atoms with E-state index in [4.69, 9.17) is 11.6 Å². The topological polar surface area (TPSA) is 54.0 Å². The molecular formula is C18H20ClN3O. The third kappa shape index (κ3) is 4.23. The average Bonchev–Trinajstić information content (AvgIpc) is 2.56. The highest BCUT2D eigenvalue weighted by Crippen LogP contribution is 2.23. The van der Waals surface area contributed by atoms with E-state index >= 15 is 0 Å². The quantitative estimate of drug-likeness (QED) is 0.852. The van der Waals surface area contributed by atoms with Gasteiger partial charge in [-0.25, -0.2) is 4.98 Å². The molecule has 1 heterocycles. The molecule has 4 nitrogen and oxygen atoms in total. The van der Waals surface area contributed by atoms with Crippen molar-refractivity contribution in [2.24, 2.45) is 0 Å². The number of rotatable bonds is 4. The number of hydrogen-bond donors (Lipinski definition) is 2. The van der Waals surface area contributed by atoms with Crippen molar-refractivity contribution in [3.05, 3.63) is 53.2 Å². The monoisotopic (exact) mass is 329 g/mol. The van der Waals surface area contributed by atoms with Gasteiger partial charge in [0.2, 0.25) is 0 Å². The van der Waals surface area contributed by atoms with Gasteiger partial charge in [0.25, 0.3) is 5.91 Å². The number of aromatic nitrogens is 1. The molecule has 1 aliphatic carbocycles. The Hall–Kier alpha value is -2.07. The van der Waals surface area contributed by atoms with Crippen LogP contribution < -0.4 is 10.6 Å². The predicted octanol–water partition coefficient (Wildman–Crippen LogP) is 4.73. The van der Waals surface area contributed by atoms with Crippen LogP contribution in [0.4, 0.5) is 11.5 Å². The lowest BCUT2D eigenvalue weighted by atomic mass is 9.95. The van der Waals surface area contributed by atoms with Crippen LogP contribution in [-0.2, 0) is 0 Å². The van der Waals surface area contributed by atoms with Gasteiger partial charge in [0.05, 0.1) is 5.56 Å². The Morgan fingerprint density at radius 2 is 1.96 bits per heavy atom. The van der Waals surface area contributed by atoms with Gasteiger partial charge in [-0.2, -0.15) is 0 Å². The predicted molar refractivity (Wildman–Crippen MR) is 94.1 cm³/mol. The normalized spacial score (nSPS) is 15.2. The third-order valence-corrected chi connectivity index (χ3v) is 4.32. The van der Waals surface area contributed by atoms with Crippen molar-refractivity contribution in [3.8, 4) is 0 Å². The lowest BCUT2D eigenvalue weighted by Gasteiger charge is -2.24. The molecule has 1 amide bonds. The first-order valence-corrected chi connectivity index (χ1v) is 8.38. The minimum absolute atomic E-state index is 0.182. The fraction of sp³-hybridized carbons (Fsp3) is 0.333. The molecule has 0 unspecified atom stereocenters. The Balaban J connectivity index is 1.74. The van der Waals surface area contributed by atoms with Crippen molar-refractivity contribution in [1.29, 1.82) is 0 Å². The summed E-state index contributed by atoms with van der Waals surface area (Å²) in [7, 11) is 0. The van der Waals surface area contributed by atoms with Gasteiger partial charge in [-0.1, -0.05) is 36.9 Å². The third-order valence-electron chi connectivity index (χ3n) is 4.08. The smallest absolute Gasteiger partial charge is 0.259 e. The van der Waals surface area contributed by atoms with Gasteiger partial charge in [0.1, 0.15) is 5.82 Å². The van der Waals surface area contributed by atoms with E-state index in [1.807, 2.05) is 12.1 Å². The van der Waals surface area contributed by atoms with Gasteiger partial charge in [-0.15, -0.1) is 0 Å². The molecule has 1 fully saturated rings. The molecule has 1 saturated carbocycles. The van der Waals surface area contributed by atoms with E-state index in [1.165, 1.54) is 19.3 Å². The second-order valence-corrected chi connectivity index (χ2v) is 6.28. The summed E-state index contributed by atoms with van der Waals surface area (Å²) < 4.78 is 0. The number of amides is 1. The average molecular weight is 330 g/mol. The lowest BCUT2D eigenvalue weighted by molar-refractivity contribution is 0.102. The van der Waals surface area contributed by atoms with Crippen molar-refractivity contribution in [1.82, 2.24) is 4.98 Å². The van der Waals surface area contributed by atoms with Crippen LogP contribution >= 0.6 is 11.6 Å². The van der Waals surface area contributed by atoms with Gasteiger partial charge < -0.3 is 10.6 Å². The van der Waals surface area contributed by atoms with E-state index in [9.17, 15) is 4.79 Å². The minimum atomic E-state index is -0.182. The number of nitrogens with one attached hydrogen (secondary N) is 2. The number of benzene rings is 1. The first kappa shape index (κ1) is 15.8. The summed E-state index contributed by atoms with van der Waals surface area (Å²) >= 11 is 5.96. The fourth-order valence-corrected chi connectivity index (χ4v) is 3.10. The second-order valence-electron chi connectivity index (χ2n) is 5.84. The van der Waals surface area contributed by atoms with Crippen LogP contribution in [0.5, 0.6) is 0 Å². The van der Waals surface area contributed by atoms with Gasteiger partial charge >= 0.3 is 0 Å². The number of anilines is 2. The summed E-state index contributed by atoms with van der Waals surface area (Å²) in [4.78, 5) is 16.9. The minimum Gasteiger partial charge on any atom is -0.367 e. The molecule has 23 heavy (non-hydrogen) atoms. The molecule has 0 aliphatic heterocycles. The number of halogens is 1. The molecule has 0 spiro atoms. The fourth-order valence-electron chi connectivity index (χ4n) is 2.91. The maximum atomic E-state index is 12.6. The van der Waals surface area contributed by atoms with Crippen molar-refractivity contribution in [2.45, 2.75) is 38.1 Å². The molecule has 1 aliphatic rings. The van der Waals surface area contributed by atoms with Gasteiger partial charge in [0.15, 0.2) is 0 Å². The summed E-state index contributed by atoms with van der Waals surface area (Å²) in [5, 5.41) is 6.89. The molecule has 2 N–H and O–H groups in total. The Morgan fingerprint density at radius 3 is 2.74 bits per heavy atom. The number of carbonyl (C=O) groups is 1. The van der Waals surface area contributed by atoms with Crippen molar-refractivity contribution in [2.75, 3.05) is 10.6 Å². The van der Waals surface area contributed by atoms with Crippen molar-refractivity contribution < 1.29 is 4.79 Å². The Morgan fingerprint density at radius 1 is 1.13 bits per heavy atom. The molecule has 5 heteroatoms. The molecular weight excluding hydrogens is 310 g/mol. The molecule has 3 rings (SSSR count). The number of pyridine rings is 1. The van der Waals surface area contributed by atoms with Gasteiger partial charge in [0, 0.05) is 22.9 Å². The Bertz CT molecular complexity index is 683. The van der Waals surface area contributed by atoms with Crippen LogP contribution in [0, 0.1) is 0 Å². The SMILES string of the molecule is O=C(Nc1cccc(Cl)c1)c1cccnc1NC1CCCCC1. The van der Waals surface area contributed by atoms with Crippen LogP contribution in [0.25, 0.3) is 0 Å². The van der Waals surface area contributed by atoms with E-state index in [0.717, 1.165) is 12.8 Å². The summed E-state index contributed by atoms with van der Waals surface area (Å²) in [5.74, 6) is 0.470. The highest BCUT2D eigenvalue weighted by atomic mass is 35.5.